The van der Waals surface area contributed by atoms with Gasteiger partial charge in [0.15, 0.2) is 5.75 Å². The van der Waals surface area contributed by atoms with Crippen LogP contribution in [0, 0.1) is 6.92 Å². The Kier molecular flexibility index (Phi) is 5.32. The van der Waals surface area contributed by atoms with Crippen molar-refractivity contribution in [3.63, 3.8) is 0 Å². The predicted molar refractivity (Wildman–Crippen MR) is 86.0 cm³/mol. The van der Waals surface area contributed by atoms with Gasteiger partial charge in [0.2, 0.25) is 0 Å². The van der Waals surface area contributed by atoms with Gasteiger partial charge in [-0.3, -0.25) is 5.48 Å². The number of phenols is 1. The van der Waals surface area contributed by atoms with Crippen molar-refractivity contribution in [3.8, 4) is 5.75 Å². The van der Waals surface area contributed by atoms with E-state index >= 15 is 0 Å². The highest BCUT2D eigenvalue weighted by molar-refractivity contribution is 7.34. The average molecular weight is 331 g/mol. The Morgan fingerprint density at radius 1 is 1.05 bits per heavy atom. The van der Waals surface area contributed by atoms with Gasteiger partial charge in [-0.25, -0.2) is 4.62 Å². The molecule has 0 radical (unpaired) electrons. The van der Waals surface area contributed by atoms with E-state index in [1.807, 2.05) is 31.2 Å². The molecule has 106 valence electrons. The first-order chi connectivity index (χ1) is 9.56. The zero-order valence-electron chi connectivity index (χ0n) is 10.6. The zero-order chi connectivity index (χ0) is 14.5. The normalized spacial score (nSPS) is 10.9. The third kappa shape index (κ3) is 4.15. The number of anilines is 2. The lowest BCUT2D eigenvalue weighted by atomic mass is 10.2. The largest absolute Gasteiger partial charge is 0.505 e. The molecule has 0 amide bonds. The van der Waals surface area contributed by atoms with Crippen molar-refractivity contribution in [1.29, 1.82) is 0 Å². The number of hydrogen-bond acceptors (Lipinski definition) is 4. The van der Waals surface area contributed by atoms with Gasteiger partial charge in [0.25, 0.3) is 0 Å². The molecule has 3 N–H and O–H groups in total. The highest BCUT2D eigenvalue weighted by Crippen LogP contribution is 2.35. The Morgan fingerprint density at radius 3 is 2.25 bits per heavy atom. The second kappa shape index (κ2) is 7.00. The van der Waals surface area contributed by atoms with Gasteiger partial charge in [-0.2, -0.15) is 0 Å². The summed E-state index contributed by atoms with van der Waals surface area (Å²) in [6, 6.07) is 11.0. The zero-order valence-corrected chi connectivity index (χ0v) is 13.1. The molecule has 0 aliphatic carbocycles. The summed E-state index contributed by atoms with van der Waals surface area (Å²) in [6.07, 6.45) is 0. The molecule has 4 nitrogen and oxygen atoms in total. The molecule has 20 heavy (non-hydrogen) atoms. The van der Waals surface area contributed by atoms with Crippen molar-refractivity contribution < 1.29 is 9.73 Å². The second-order valence-electron chi connectivity index (χ2n) is 4.09. The van der Waals surface area contributed by atoms with Crippen molar-refractivity contribution in [3.05, 3.63) is 52.0 Å². The van der Waals surface area contributed by atoms with Gasteiger partial charge in [0.05, 0.1) is 15.7 Å². The number of nitrogens with one attached hydrogen (secondary N) is 2. The minimum Gasteiger partial charge on any atom is -0.505 e. The summed E-state index contributed by atoms with van der Waals surface area (Å²) in [5.41, 5.74) is 5.54. The van der Waals surface area contributed by atoms with Crippen molar-refractivity contribution in [1.82, 2.24) is 0 Å². The summed E-state index contributed by atoms with van der Waals surface area (Å²) in [5.74, 6) is -0.124. The van der Waals surface area contributed by atoms with E-state index in [-0.39, 0.29) is 24.8 Å². The number of phenolic OH excluding ortho intramolecular Hbond substituents is 1. The summed E-state index contributed by atoms with van der Waals surface area (Å²) in [6.45, 7) is 2.02. The van der Waals surface area contributed by atoms with Crippen LogP contribution >= 0.6 is 32.2 Å². The highest BCUT2D eigenvalue weighted by atomic mass is 35.5. The average Bonchev–Trinajstić information content (AvgIpc) is 2.43. The number of aryl methyl sites for hydroxylation is 1. The molecule has 1 unspecified atom stereocenters. The summed E-state index contributed by atoms with van der Waals surface area (Å²) >= 11 is 11.6. The van der Waals surface area contributed by atoms with Crippen LogP contribution in [0.5, 0.6) is 5.75 Å². The quantitative estimate of drug-likeness (QED) is 0.313. The Labute approximate surface area is 128 Å². The van der Waals surface area contributed by atoms with E-state index in [0.717, 1.165) is 5.69 Å². The number of benzene rings is 2. The summed E-state index contributed by atoms with van der Waals surface area (Å²) in [7, 11) is -0.0381. The third-order valence-electron chi connectivity index (χ3n) is 2.48. The van der Waals surface area contributed by atoms with E-state index < -0.39 is 0 Å². The molecular formula is C13H13Cl2N2O2P. The van der Waals surface area contributed by atoms with Crippen LogP contribution in [0.2, 0.25) is 10.0 Å². The van der Waals surface area contributed by atoms with Crippen LogP contribution in [0.3, 0.4) is 0 Å². The lowest BCUT2D eigenvalue weighted by Gasteiger charge is -2.10. The van der Waals surface area contributed by atoms with Crippen LogP contribution in [-0.2, 0) is 4.62 Å². The van der Waals surface area contributed by atoms with Crippen molar-refractivity contribution in [2.75, 3.05) is 10.6 Å². The maximum atomic E-state index is 9.44. The third-order valence-corrected chi connectivity index (χ3v) is 3.65. The molecule has 0 aliphatic rings. The number of halogens is 2. The minimum atomic E-state index is -0.124. The summed E-state index contributed by atoms with van der Waals surface area (Å²) in [4.78, 5) is 0. The number of hydrogen-bond donors (Lipinski definition) is 3. The minimum absolute atomic E-state index is 0.0381. The highest BCUT2D eigenvalue weighted by Gasteiger charge is 2.06. The SMILES string of the molecule is Cc1ccc(NOPNc2cc(Cl)c(O)c(Cl)c2)cc1. The topological polar surface area (TPSA) is 53.5 Å². The molecule has 1 atom stereocenters. The summed E-state index contributed by atoms with van der Waals surface area (Å²) in [5, 5.41) is 12.8. The van der Waals surface area contributed by atoms with Gasteiger partial charge in [0, 0.05) is 5.69 Å². The van der Waals surface area contributed by atoms with Crippen LogP contribution in [0.25, 0.3) is 0 Å². The maximum Gasteiger partial charge on any atom is 0.152 e. The smallest absolute Gasteiger partial charge is 0.152 e. The first-order valence-electron chi connectivity index (χ1n) is 5.74. The number of aromatic hydroxyl groups is 1. The molecule has 0 spiro atoms. The van der Waals surface area contributed by atoms with Crippen molar-refractivity contribution >= 4 is 43.5 Å². The van der Waals surface area contributed by atoms with Crippen molar-refractivity contribution in [2.24, 2.45) is 0 Å². The van der Waals surface area contributed by atoms with Gasteiger partial charge in [-0.1, -0.05) is 40.9 Å². The van der Waals surface area contributed by atoms with E-state index in [1.54, 1.807) is 12.1 Å². The molecule has 2 aromatic carbocycles. The molecule has 2 aromatic rings. The molecule has 0 fully saturated rings. The van der Waals surface area contributed by atoms with Gasteiger partial charge in [0.1, 0.15) is 8.96 Å². The molecule has 0 aromatic heterocycles. The Hall–Kier alpha value is -1.19. The van der Waals surface area contributed by atoms with E-state index in [0.29, 0.717) is 5.69 Å². The molecule has 2 rings (SSSR count). The number of rotatable bonds is 5. The second-order valence-corrected chi connectivity index (χ2v) is 5.56. The summed E-state index contributed by atoms with van der Waals surface area (Å²) < 4.78 is 5.29. The first kappa shape index (κ1) is 15.2. The lowest BCUT2D eigenvalue weighted by molar-refractivity contribution is 0.466. The Bertz CT molecular complexity index is 570. The maximum absolute atomic E-state index is 9.44. The van der Waals surface area contributed by atoms with Crippen LogP contribution in [-0.4, -0.2) is 5.11 Å². The molecule has 0 heterocycles. The molecule has 0 saturated carbocycles. The fourth-order valence-corrected chi connectivity index (χ4v) is 2.40. The van der Waals surface area contributed by atoms with Gasteiger partial charge in [-0.05, 0) is 31.2 Å². The van der Waals surface area contributed by atoms with E-state index in [2.05, 4.69) is 10.6 Å². The Balaban J connectivity index is 1.83. The Morgan fingerprint density at radius 2 is 1.65 bits per heavy atom. The fraction of sp³-hybridized carbons (Fsp3) is 0.0769. The standard InChI is InChI=1S/C13H13Cl2N2O2P/c1-8-2-4-9(5-3-8)16-19-20-17-10-6-11(14)13(18)12(15)7-10/h2-7,16-18,20H,1H3. The van der Waals surface area contributed by atoms with Crippen LogP contribution in [0.4, 0.5) is 11.4 Å². The van der Waals surface area contributed by atoms with E-state index in [1.165, 1.54) is 5.56 Å². The van der Waals surface area contributed by atoms with Crippen LogP contribution in [0.15, 0.2) is 36.4 Å². The predicted octanol–water partition coefficient (Wildman–Crippen LogP) is 4.97. The first-order valence-corrected chi connectivity index (χ1v) is 7.40. The molecule has 7 heteroatoms. The van der Waals surface area contributed by atoms with Crippen molar-refractivity contribution in [2.45, 2.75) is 6.92 Å². The van der Waals surface area contributed by atoms with Gasteiger partial charge in [-0.15, -0.1) is 0 Å². The van der Waals surface area contributed by atoms with Gasteiger partial charge < -0.3 is 10.2 Å². The molecule has 0 aliphatic heterocycles. The van der Waals surface area contributed by atoms with E-state index in [4.69, 9.17) is 27.8 Å². The fourth-order valence-electron chi connectivity index (χ4n) is 1.43. The molecule has 0 bridgehead atoms. The lowest BCUT2D eigenvalue weighted by Crippen LogP contribution is -1.96. The van der Waals surface area contributed by atoms with Crippen LogP contribution in [0.1, 0.15) is 5.56 Å². The van der Waals surface area contributed by atoms with Gasteiger partial charge >= 0.3 is 0 Å². The molecule has 0 saturated heterocycles. The van der Waals surface area contributed by atoms with E-state index in [9.17, 15) is 5.11 Å². The van der Waals surface area contributed by atoms with Crippen LogP contribution < -0.4 is 10.6 Å². The monoisotopic (exact) mass is 330 g/mol. The molecular weight excluding hydrogens is 318 g/mol.